The average molecular weight is 349 g/mol. The van der Waals surface area contributed by atoms with Gasteiger partial charge in [0.1, 0.15) is 0 Å². The third-order valence-corrected chi connectivity index (χ3v) is 5.38. The molecule has 0 atom stereocenters. The zero-order valence-electron chi connectivity index (χ0n) is 14.7. The Labute approximate surface area is 152 Å². The molecule has 0 unspecified atom stereocenters. The summed E-state index contributed by atoms with van der Waals surface area (Å²) in [4.78, 5) is 13.9. The fourth-order valence-electron chi connectivity index (χ4n) is 3.91. The number of piperidine rings is 1. The lowest BCUT2D eigenvalue weighted by Gasteiger charge is -2.32. The quantitative estimate of drug-likeness (QED) is 0.737. The number of benzene rings is 2. The highest BCUT2D eigenvalue weighted by molar-refractivity contribution is 5.89. The van der Waals surface area contributed by atoms with E-state index in [0.717, 1.165) is 55.4 Å². The minimum Gasteiger partial charge on any atom is -0.478 e. The van der Waals surface area contributed by atoms with Crippen LogP contribution < -0.4 is 0 Å². The van der Waals surface area contributed by atoms with Gasteiger partial charge in [-0.3, -0.25) is 10.00 Å². The summed E-state index contributed by atoms with van der Waals surface area (Å²) in [5.74, 6) is -0.269. The summed E-state index contributed by atoms with van der Waals surface area (Å²) in [6.07, 6.45) is 4.93. The Bertz CT molecular complexity index is 910. The average Bonchev–Trinajstić information content (AvgIpc) is 3.11. The van der Waals surface area contributed by atoms with Crippen LogP contribution in [0.4, 0.5) is 0 Å². The van der Waals surface area contributed by atoms with Gasteiger partial charge in [-0.15, -0.1) is 0 Å². The Morgan fingerprint density at radius 1 is 1.19 bits per heavy atom. The van der Waals surface area contributed by atoms with E-state index in [9.17, 15) is 9.90 Å². The summed E-state index contributed by atoms with van der Waals surface area (Å²) in [5, 5.41) is 17.6. The molecule has 1 saturated heterocycles. The lowest BCUT2D eigenvalue weighted by Crippen LogP contribution is -2.34. The minimum absolute atomic E-state index is 0.447. The molecule has 0 radical (unpaired) electrons. The van der Waals surface area contributed by atoms with Gasteiger partial charge in [-0.2, -0.15) is 5.10 Å². The van der Waals surface area contributed by atoms with E-state index in [1.165, 1.54) is 5.56 Å². The molecule has 1 aliphatic heterocycles. The van der Waals surface area contributed by atoms with Crippen molar-refractivity contribution in [1.82, 2.24) is 15.1 Å². The van der Waals surface area contributed by atoms with Crippen LogP contribution in [0.25, 0.3) is 10.9 Å². The molecule has 5 nitrogen and oxygen atoms in total. The molecular formula is C21H23N3O2. The number of rotatable bonds is 5. The van der Waals surface area contributed by atoms with Gasteiger partial charge in [0.2, 0.25) is 0 Å². The monoisotopic (exact) mass is 349 g/mol. The fraction of sp³-hybridized carbons (Fsp3) is 0.333. The number of fused-ring (bicyclic) bond motifs is 1. The zero-order valence-corrected chi connectivity index (χ0v) is 14.7. The molecule has 0 spiro atoms. The number of likely N-dealkylation sites (tertiary alicyclic amines) is 1. The summed E-state index contributed by atoms with van der Waals surface area (Å²) >= 11 is 0. The zero-order chi connectivity index (χ0) is 17.9. The number of nitrogens with one attached hydrogen (secondary N) is 1. The number of nitrogens with zero attached hydrogens (tertiary/aromatic N) is 2. The van der Waals surface area contributed by atoms with Crippen molar-refractivity contribution < 1.29 is 9.90 Å². The standard InChI is InChI=1S/C21H23N3O2/c25-21(26)19-4-2-1-3-17(19)11-15-7-9-24(10-8-15)14-16-5-6-18-13-22-23-20(18)12-16/h1-6,12-13,15H,7-11,14H2,(H,22,23)(H,25,26). The van der Waals surface area contributed by atoms with Gasteiger partial charge in [-0.1, -0.05) is 30.3 Å². The molecule has 2 aromatic carbocycles. The largest absolute Gasteiger partial charge is 0.478 e. The van der Waals surface area contributed by atoms with Crippen LogP contribution in [0.5, 0.6) is 0 Å². The number of hydrogen-bond donors (Lipinski definition) is 2. The van der Waals surface area contributed by atoms with E-state index in [4.69, 9.17) is 0 Å². The van der Waals surface area contributed by atoms with Crippen molar-refractivity contribution in [3.63, 3.8) is 0 Å². The molecule has 0 bridgehead atoms. The van der Waals surface area contributed by atoms with Gasteiger partial charge in [0.15, 0.2) is 0 Å². The Kier molecular flexibility index (Phi) is 4.71. The molecule has 1 aliphatic rings. The number of carboxylic acid groups (broad SMARTS) is 1. The summed E-state index contributed by atoms with van der Waals surface area (Å²) in [7, 11) is 0. The van der Waals surface area contributed by atoms with Gasteiger partial charge in [0.25, 0.3) is 0 Å². The highest BCUT2D eigenvalue weighted by atomic mass is 16.4. The Hall–Kier alpha value is -2.66. The molecule has 4 rings (SSSR count). The van der Waals surface area contributed by atoms with E-state index in [1.807, 2.05) is 18.3 Å². The summed E-state index contributed by atoms with van der Waals surface area (Å²) in [5.41, 5.74) is 3.80. The van der Waals surface area contributed by atoms with Crippen LogP contribution in [-0.2, 0) is 13.0 Å². The highest BCUT2D eigenvalue weighted by Crippen LogP contribution is 2.25. The van der Waals surface area contributed by atoms with Gasteiger partial charge in [0.05, 0.1) is 17.3 Å². The molecule has 26 heavy (non-hydrogen) atoms. The third-order valence-electron chi connectivity index (χ3n) is 5.38. The second-order valence-electron chi connectivity index (χ2n) is 7.18. The number of carboxylic acids is 1. The summed E-state index contributed by atoms with van der Waals surface area (Å²) < 4.78 is 0. The number of hydrogen-bond acceptors (Lipinski definition) is 3. The molecule has 0 aliphatic carbocycles. The minimum atomic E-state index is -0.827. The maximum Gasteiger partial charge on any atom is 0.335 e. The van der Waals surface area contributed by atoms with Crippen molar-refractivity contribution in [3.05, 3.63) is 65.4 Å². The maximum absolute atomic E-state index is 11.4. The molecular weight excluding hydrogens is 326 g/mol. The molecule has 3 aromatic rings. The van der Waals surface area contributed by atoms with E-state index in [2.05, 4.69) is 33.3 Å². The van der Waals surface area contributed by atoms with Crippen LogP contribution in [0.15, 0.2) is 48.7 Å². The first-order chi connectivity index (χ1) is 12.7. The number of aromatic carboxylic acids is 1. The van der Waals surface area contributed by atoms with Gasteiger partial charge in [-0.05, 0) is 61.5 Å². The number of carbonyl (C=O) groups is 1. The van der Waals surface area contributed by atoms with E-state index in [0.29, 0.717) is 11.5 Å². The third kappa shape index (κ3) is 3.63. The molecule has 1 fully saturated rings. The van der Waals surface area contributed by atoms with Gasteiger partial charge in [-0.25, -0.2) is 4.79 Å². The predicted octanol–water partition coefficient (Wildman–Crippen LogP) is 3.72. The van der Waals surface area contributed by atoms with Crippen molar-refractivity contribution >= 4 is 16.9 Å². The molecule has 0 saturated carbocycles. The molecule has 134 valence electrons. The first-order valence-electron chi connectivity index (χ1n) is 9.14. The van der Waals surface area contributed by atoms with Crippen LogP contribution in [0.2, 0.25) is 0 Å². The number of aromatic nitrogens is 2. The van der Waals surface area contributed by atoms with E-state index >= 15 is 0 Å². The molecule has 2 heterocycles. The van der Waals surface area contributed by atoms with Crippen LogP contribution in [-0.4, -0.2) is 39.3 Å². The number of aromatic amines is 1. The highest BCUT2D eigenvalue weighted by Gasteiger charge is 2.21. The van der Waals surface area contributed by atoms with Gasteiger partial charge >= 0.3 is 5.97 Å². The lowest BCUT2D eigenvalue weighted by atomic mass is 9.88. The second-order valence-corrected chi connectivity index (χ2v) is 7.18. The molecule has 0 amide bonds. The van der Waals surface area contributed by atoms with Crippen LogP contribution in [0, 0.1) is 5.92 Å². The van der Waals surface area contributed by atoms with E-state index in [-0.39, 0.29) is 0 Å². The van der Waals surface area contributed by atoms with Gasteiger partial charge < -0.3 is 5.11 Å². The van der Waals surface area contributed by atoms with Crippen LogP contribution in [0.1, 0.15) is 34.3 Å². The second kappa shape index (κ2) is 7.30. The van der Waals surface area contributed by atoms with E-state index in [1.54, 1.807) is 12.1 Å². The smallest absolute Gasteiger partial charge is 0.335 e. The topological polar surface area (TPSA) is 69.2 Å². The van der Waals surface area contributed by atoms with Crippen molar-refractivity contribution in [2.75, 3.05) is 13.1 Å². The Morgan fingerprint density at radius 2 is 2.00 bits per heavy atom. The van der Waals surface area contributed by atoms with Gasteiger partial charge in [0, 0.05) is 11.9 Å². The molecule has 5 heteroatoms. The SMILES string of the molecule is O=C(O)c1ccccc1CC1CCN(Cc2ccc3cn[nH]c3c2)CC1. The number of H-pyrrole nitrogens is 1. The van der Waals surface area contributed by atoms with E-state index < -0.39 is 5.97 Å². The fourth-order valence-corrected chi connectivity index (χ4v) is 3.91. The Balaban J connectivity index is 1.35. The van der Waals surface area contributed by atoms with Crippen LogP contribution in [0.3, 0.4) is 0 Å². The first kappa shape index (κ1) is 16.8. The molecule has 1 aromatic heterocycles. The van der Waals surface area contributed by atoms with Crippen LogP contribution >= 0.6 is 0 Å². The lowest BCUT2D eigenvalue weighted by molar-refractivity contribution is 0.0695. The first-order valence-corrected chi connectivity index (χ1v) is 9.14. The molecule has 2 N–H and O–H groups in total. The van der Waals surface area contributed by atoms with Crippen molar-refractivity contribution in [3.8, 4) is 0 Å². The van der Waals surface area contributed by atoms with Crippen molar-refractivity contribution in [2.45, 2.75) is 25.8 Å². The predicted molar refractivity (Wildman–Crippen MR) is 101 cm³/mol. The summed E-state index contributed by atoms with van der Waals surface area (Å²) in [6.45, 7) is 3.06. The maximum atomic E-state index is 11.4. The normalized spacial score (nSPS) is 16.2. The van der Waals surface area contributed by atoms with Crippen molar-refractivity contribution in [2.24, 2.45) is 5.92 Å². The van der Waals surface area contributed by atoms with Crippen molar-refractivity contribution in [1.29, 1.82) is 0 Å². The Morgan fingerprint density at radius 3 is 2.81 bits per heavy atom. The summed E-state index contributed by atoms with van der Waals surface area (Å²) in [6, 6.07) is 13.9.